The Morgan fingerprint density at radius 3 is 2.56 bits per heavy atom. The molecule has 3 nitrogen and oxygen atoms in total. The van der Waals surface area contributed by atoms with Gasteiger partial charge in [0.1, 0.15) is 0 Å². The van der Waals surface area contributed by atoms with Gasteiger partial charge in [0.2, 0.25) is 0 Å². The zero-order valence-corrected chi connectivity index (χ0v) is 11.5. The van der Waals surface area contributed by atoms with Crippen LogP contribution in [0.5, 0.6) is 0 Å². The Labute approximate surface area is 100 Å². The Morgan fingerprint density at radius 2 is 2.12 bits per heavy atom. The molecule has 0 bridgehead atoms. The van der Waals surface area contributed by atoms with Crippen LogP contribution in [0.4, 0.5) is 0 Å². The predicted octanol–water partition coefficient (Wildman–Crippen LogP) is 2.34. The van der Waals surface area contributed by atoms with E-state index in [2.05, 4.69) is 42.9 Å². The van der Waals surface area contributed by atoms with Gasteiger partial charge >= 0.3 is 0 Å². The van der Waals surface area contributed by atoms with E-state index in [1.54, 1.807) is 0 Å². The molecule has 0 aromatic heterocycles. The molecule has 0 unspecified atom stereocenters. The third kappa shape index (κ3) is 4.03. The molecule has 0 aromatic carbocycles. The highest BCUT2D eigenvalue weighted by Gasteiger charge is 2.30. The lowest BCUT2D eigenvalue weighted by Crippen LogP contribution is -2.41. The van der Waals surface area contributed by atoms with E-state index in [4.69, 9.17) is 0 Å². The molecule has 1 saturated heterocycles. The van der Waals surface area contributed by atoms with Crippen molar-refractivity contribution in [2.24, 2.45) is 16.3 Å². The summed E-state index contributed by atoms with van der Waals surface area (Å²) in [5.41, 5.74) is 0.440. The van der Waals surface area contributed by atoms with E-state index in [-0.39, 0.29) is 0 Å². The fraction of sp³-hybridized carbons (Fsp3) is 0.923. The normalized spacial score (nSPS) is 20.6. The van der Waals surface area contributed by atoms with Crippen LogP contribution in [-0.4, -0.2) is 37.5 Å². The van der Waals surface area contributed by atoms with Gasteiger partial charge in [-0.2, -0.15) is 0 Å². The molecule has 1 aliphatic heterocycles. The van der Waals surface area contributed by atoms with E-state index in [1.165, 1.54) is 12.8 Å². The summed E-state index contributed by atoms with van der Waals surface area (Å²) < 4.78 is 0. The van der Waals surface area contributed by atoms with E-state index in [9.17, 15) is 0 Å². The molecule has 0 aromatic rings. The first kappa shape index (κ1) is 13.3. The van der Waals surface area contributed by atoms with Crippen LogP contribution in [0, 0.1) is 11.3 Å². The Kier molecular flexibility index (Phi) is 4.63. The molecule has 1 rings (SSSR count). The van der Waals surface area contributed by atoms with E-state index in [0.29, 0.717) is 5.41 Å². The molecule has 3 heteroatoms. The van der Waals surface area contributed by atoms with Crippen LogP contribution in [0.3, 0.4) is 0 Å². The van der Waals surface area contributed by atoms with E-state index < -0.39 is 0 Å². The summed E-state index contributed by atoms with van der Waals surface area (Å²) in [6.45, 7) is 12.4. The van der Waals surface area contributed by atoms with Crippen LogP contribution < -0.4 is 5.32 Å². The minimum atomic E-state index is 0.440. The van der Waals surface area contributed by atoms with Crippen LogP contribution in [0.15, 0.2) is 4.99 Å². The third-order valence-corrected chi connectivity index (χ3v) is 3.19. The molecule has 0 amide bonds. The van der Waals surface area contributed by atoms with Crippen molar-refractivity contribution in [3.05, 3.63) is 0 Å². The highest BCUT2D eigenvalue weighted by Crippen LogP contribution is 2.28. The molecule has 1 aliphatic rings. The van der Waals surface area contributed by atoms with Crippen molar-refractivity contribution < 1.29 is 0 Å². The first-order chi connectivity index (χ1) is 7.44. The van der Waals surface area contributed by atoms with Gasteiger partial charge in [0.05, 0.1) is 0 Å². The fourth-order valence-corrected chi connectivity index (χ4v) is 2.10. The average molecular weight is 225 g/mol. The number of guanidine groups is 1. The monoisotopic (exact) mass is 225 g/mol. The number of hydrogen-bond acceptors (Lipinski definition) is 1. The molecule has 0 radical (unpaired) electrons. The van der Waals surface area contributed by atoms with Crippen molar-refractivity contribution in [1.82, 2.24) is 10.2 Å². The molecule has 0 spiro atoms. The standard InChI is InChI=1S/C13H27N3/c1-11(2)6-8-15-12(14-5)16-9-7-13(3,4)10-16/h11H,6-10H2,1-5H3,(H,14,15). The van der Waals surface area contributed by atoms with Crippen molar-refractivity contribution in [2.45, 2.75) is 40.5 Å². The maximum atomic E-state index is 4.36. The number of hydrogen-bond donors (Lipinski definition) is 1. The number of nitrogens with zero attached hydrogens (tertiary/aromatic N) is 2. The fourth-order valence-electron chi connectivity index (χ4n) is 2.10. The zero-order valence-electron chi connectivity index (χ0n) is 11.5. The smallest absolute Gasteiger partial charge is 0.193 e. The minimum absolute atomic E-state index is 0.440. The van der Waals surface area contributed by atoms with E-state index in [0.717, 1.165) is 31.5 Å². The SMILES string of the molecule is CN=C(NCCC(C)C)N1CCC(C)(C)C1. The van der Waals surface area contributed by atoms with Crippen LogP contribution >= 0.6 is 0 Å². The van der Waals surface area contributed by atoms with Crippen LogP contribution in [0.1, 0.15) is 40.5 Å². The van der Waals surface area contributed by atoms with Gasteiger partial charge in [0.25, 0.3) is 0 Å². The van der Waals surface area contributed by atoms with Gasteiger partial charge in [-0.05, 0) is 24.2 Å². The molecular weight excluding hydrogens is 198 g/mol. The minimum Gasteiger partial charge on any atom is -0.356 e. The second-order valence-corrected chi connectivity index (χ2v) is 5.99. The summed E-state index contributed by atoms with van der Waals surface area (Å²) in [7, 11) is 1.88. The lowest BCUT2D eigenvalue weighted by Gasteiger charge is -2.23. The third-order valence-electron chi connectivity index (χ3n) is 3.19. The van der Waals surface area contributed by atoms with Crippen molar-refractivity contribution in [3.8, 4) is 0 Å². The Bertz CT molecular complexity index is 244. The van der Waals surface area contributed by atoms with Gasteiger partial charge in [-0.3, -0.25) is 4.99 Å². The molecular formula is C13H27N3. The van der Waals surface area contributed by atoms with Gasteiger partial charge < -0.3 is 10.2 Å². The Hall–Kier alpha value is -0.730. The van der Waals surface area contributed by atoms with Crippen molar-refractivity contribution in [3.63, 3.8) is 0 Å². The maximum Gasteiger partial charge on any atom is 0.193 e. The van der Waals surface area contributed by atoms with Crippen LogP contribution in [0.2, 0.25) is 0 Å². The lowest BCUT2D eigenvalue weighted by molar-refractivity contribution is 0.369. The summed E-state index contributed by atoms with van der Waals surface area (Å²) in [5, 5.41) is 3.46. The predicted molar refractivity (Wildman–Crippen MR) is 70.8 cm³/mol. The summed E-state index contributed by atoms with van der Waals surface area (Å²) in [5.74, 6) is 1.83. The summed E-state index contributed by atoms with van der Waals surface area (Å²) >= 11 is 0. The van der Waals surface area contributed by atoms with Crippen LogP contribution in [-0.2, 0) is 0 Å². The maximum absolute atomic E-state index is 4.36. The largest absolute Gasteiger partial charge is 0.356 e. The van der Waals surface area contributed by atoms with Gasteiger partial charge in [-0.15, -0.1) is 0 Å². The number of rotatable bonds is 3. The number of likely N-dealkylation sites (tertiary alicyclic amines) is 1. The van der Waals surface area contributed by atoms with Crippen LogP contribution in [0.25, 0.3) is 0 Å². The van der Waals surface area contributed by atoms with Crippen molar-refractivity contribution in [2.75, 3.05) is 26.7 Å². The van der Waals surface area contributed by atoms with E-state index in [1.807, 2.05) is 7.05 Å². The topological polar surface area (TPSA) is 27.6 Å². The van der Waals surface area contributed by atoms with Gasteiger partial charge in [-0.1, -0.05) is 27.7 Å². The Balaban J connectivity index is 2.38. The zero-order chi connectivity index (χ0) is 12.2. The second kappa shape index (κ2) is 5.55. The molecule has 0 atom stereocenters. The quantitative estimate of drug-likeness (QED) is 0.590. The number of aliphatic imine (C=N–C) groups is 1. The molecule has 1 fully saturated rings. The molecule has 0 saturated carbocycles. The van der Waals surface area contributed by atoms with Crippen molar-refractivity contribution >= 4 is 5.96 Å². The van der Waals surface area contributed by atoms with E-state index >= 15 is 0 Å². The average Bonchev–Trinajstić information content (AvgIpc) is 2.53. The molecule has 0 aliphatic carbocycles. The molecule has 94 valence electrons. The van der Waals surface area contributed by atoms with Gasteiger partial charge in [-0.25, -0.2) is 0 Å². The molecule has 1 N–H and O–H groups in total. The van der Waals surface area contributed by atoms with Gasteiger partial charge in [0, 0.05) is 26.7 Å². The molecule has 1 heterocycles. The summed E-state index contributed by atoms with van der Waals surface area (Å²) in [6.07, 6.45) is 2.47. The highest BCUT2D eigenvalue weighted by molar-refractivity contribution is 5.80. The second-order valence-electron chi connectivity index (χ2n) is 5.99. The summed E-state index contributed by atoms with van der Waals surface area (Å²) in [4.78, 5) is 6.74. The first-order valence-corrected chi connectivity index (χ1v) is 6.40. The highest BCUT2D eigenvalue weighted by atomic mass is 15.3. The lowest BCUT2D eigenvalue weighted by atomic mass is 9.93. The van der Waals surface area contributed by atoms with Gasteiger partial charge in [0.15, 0.2) is 5.96 Å². The molecule has 16 heavy (non-hydrogen) atoms. The van der Waals surface area contributed by atoms with Crippen molar-refractivity contribution in [1.29, 1.82) is 0 Å². The number of nitrogens with one attached hydrogen (secondary N) is 1. The Morgan fingerprint density at radius 1 is 1.44 bits per heavy atom. The summed E-state index contributed by atoms with van der Waals surface area (Å²) in [6, 6.07) is 0. The first-order valence-electron chi connectivity index (χ1n) is 6.40.